The monoisotopic (exact) mass is 331 g/mol. The molecule has 0 saturated carbocycles. The molecule has 0 saturated heterocycles. The van der Waals surface area contributed by atoms with Crippen LogP contribution in [0.5, 0.6) is 0 Å². The van der Waals surface area contributed by atoms with Crippen molar-refractivity contribution in [2.75, 3.05) is 6.54 Å². The predicted molar refractivity (Wildman–Crippen MR) is 77.7 cm³/mol. The standard InChI is InChI=1S/C12H17N3O6S/c13-11(12(16)17)3-1-2-8-14-22(20,21)10-6-4-9(5-7-10)15(18)19/h4-7,11,14H,1-3,8,13H2,(H,16,17)/t11-/m0/s1. The van der Waals surface area contributed by atoms with Gasteiger partial charge < -0.3 is 10.8 Å². The van der Waals surface area contributed by atoms with Crippen LogP contribution in [-0.4, -0.2) is 37.0 Å². The Morgan fingerprint density at radius 1 is 1.32 bits per heavy atom. The van der Waals surface area contributed by atoms with Gasteiger partial charge in [-0.25, -0.2) is 13.1 Å². The fourth-order valence-corrected chi connectivity index (χ4v) is 2.72. The molecule has 4 N–H and O–H groups in total. The lowest BCUT2D eigenvalue weighted by atomic mass is 10.1. The highest BCUT2D eigenvalue weighted by atomic mass is 32.2. The van der Waals surface area contributed by atoms with E-state index in [9.17, 15) is 23.3 Å². The van der Waals surface area contributed by atoms with Crippen molar-refractivity contribution in [2.45, 2.75) is 30.2 Å². The molecule has 10 heteroatoms. The van der Waals surface area contributed by atoms with E-state index >= 15 is 0 Å². The third kappa shape index (κ3) is 5.39. The van der Waals surface area contributed by atoms with Gasteiger partial charge in [-0.2, -0.15) is 0 Å². The summed E-state index contributed by atoms with van der Waals surface area (Å²) in [6.07, 6.45) is 1.16. The minimum absolute atomic E-state index is 0.0691. The maximum absolute atomic E-state index is 11.9. The Kier molecular flexibility index (Phi) is 6.40. The number of nitrogens with zero attached hydrogens (tertiary/aromatic N) is 1. The molecular formula is C12H17N3O6S. The third-order valence-corrected chi connectivity index (χ3v) is 4.39. The molecule has 0 radical (unpaired) electrons. The van der Waals surface area contributed by atoms with Crippen LogP contribution in [0.25, 0.3) is 0 Å². The van der Waals surface area contributed by atoms with Crippen molar-refractivity contribution in [1.82, 2.24) is 4.72 Å². The number of carbonyl (C=O) groups is 1. The SMILES string of the molecule is N[C@@H](CCCCNS(=O)(=O)c1ccc([N+](=O)[O-])cc1)C(=O)O. The Hall–Kier alpha value is -2.04. The first-order valence-corrected chi connectivity index (χ1v) is 7.95. The van der Waals surface area contributed by atoms with Crippen LogP contribution < -0.4 is 10.5 Å². The normalized spacial score (nSPS) is 12.8. The van der Waals surface area contributed by atoms with Crippen molar-refractivity contribution in [2.24, 2.45) is 5.73 Å². The third-order valence-electron chi connectivity index (χ3n) is 2.91. The zero-order valence-electron chi connectivity index (χ0n) is 11.6. The summed E-state index contributed by atoms with van der Waals surface area (Å²) in [6, 6.07) is 3.58. The van der Waals surface area contributed by atoms with E-state index < -0.39 is 27.0 Å². The Morgan fingerprint density at radius 2 is 1.91 bits per heavy atom. The van der Waals surface area contributed by atoms with Crippen LogP contribution in [0.2, 0.25) is 0 Å². The van der Waals surface area contributed by atoms with E-state index in [2.05, 4.69) is 4.72 Å². The Balaban J connectivity index is 2.47. The summed E-state index contributed by atoms with van der Waals surface area (Å²) in [5.74, 6) is -1.09. The molecule has 9 nitrogen and oxygen atoms in total. The molecule has 0 spiro atoms. The lowest BCUT2D eigenvalue weighted by molar-refractivity contribution is -0.384. The van der Waals surface area contributed by atoms with Crippen molar-refractivity contribution in [3.8, 4) is 0 Å². The van der Waals surface area contributed by atoms with Crippen LogP contribution in [0, 0.1) is 10.1 Å². The number of unbranched alkanes of at least 4 members (excludes halogenated alkanes) is 1. The number of carboxylic acids is 1. The van der Waals surface area contributed by atoms with E-state index in [0.29, 0.717) is 12.8 Å². The quantitative estimate of drug-likeness (QED) is 0.337. The first kappa shape index (κ1) is 18.0. The summed E-state index contributed by atoms with van der Waals surface area (Å²) in [6.45, 7) is 0.131. The minimum Gasteiger partial charge on any atom is -0.480 e. The number of nitrogens with one attached hydrogen (secondary N) is 1. The van der Waals surface area contributed by atoms with Crippen molar-refractivity contribution >= 4 is 21.7 Å². The number of rotatable bonds is 9. The van der Waals surface area contributed by atoms with Gasteiger partial charge in [0.05, 0.1) is 9.82 Å². The lowest BCUT2D eigenvalue weighted by Gasteiger charge is -2.08. The molecular weight excluding hydrogens is 314 g/mol. The molecule has 0 aromatic heterocycles. The van der Waals surface area contributed by atoms with E-state index in [1.54, 1.807) is 0 Å². The van der Waals surface area contributed by atoms with Gasteiger partial charge in [-0.15, -0.1) is 0 Å². The molecule has 0 aliphatic heterocycles. The molecule has 0 bridgehead atoms. The fourth-order valence-electron chi connectivity index (χ4n) is 1.65. The van der Waals surface area contributed by atoms with E-state index in [-0.39, 0.29) is 23.5 Å². The van der Waals surface area contributed by atoms with E-state index in [4.69, 9.17) is 10.8 Å². The highest BCUT2D eigenvalue weighted by molar-refractivity contribution is 7.89. The molecule has 0 amide bonds. The number of non-ortho nitro benzene ring substituents is 1. The average Bonchev–Trinajstić information content (AvgIpc) is 2.46. The topological polar surface area (TPSA) is 153 Å². The van der Waals surface area contributed by atoms with Crippen LogP contribution in [0.4, 0.5) is 5.69 Å². The second kappa shape index (κ2) is 7.82. The number of sulfonamides is 1. The molecule has 0 heterocycles. The molecule has 0 unspecified atom stereocenters. The predicted octanol–water partition coefficient (Wildman–Crippen LogP) is 0.455. The highest BCUT2D eigenvalue weighted by Crippen LogP contribution is 2.15. The van der Waals surface area contributed by atoms with Gasteiger partial charge in [0.25, 0.3) is 5.69 Å². The Labute approximate surface area is 127 Å². The lowest BCUT2D eigenvalue weighted by Crippen LogP contribution is -2.30. The molecule has 1 aromatic rings. The largest absolute Gasteiger partial charge is 0.480 e. The molecule has 22 heavy (non-hydrogen) atoms. The average molecular weight is 331 g/mol. The number of nitro benzene ring substituents is 1. The number of nitrogens with two attached hydrogens (primary N) is 1. The number of hydrogen-bond acceptors (Lipinski definition) is 6. The molecule has 122 valence electrons. The first-order valence-electron chi connectivity index (χ1n) is 6.46. The number of hydrogen-bond donors (Lipinski definition) is 3. The molecule has 0 aliphatic carbocycles. The van der Waals surface area contributed by atoms with Gasteiger partial charge in [0.15, 0.2) is 0 Å². The maximum atomic E-state index is 11.9. The van der Waals surface area contributed by atoms with Gasteiger partial charge in [0.1, 0.15) is 6.04 Å². The van der Waals surface area contributed by atoms with Crippen LogP contribution in [0.1, 0.15) is 19.3 Å². The number of aliphatic carboxylic acids is 1. The summed E-state index contributed by atoms with van der Waals surface area (Å²) in [7, 11) is -3.74. The summed E-state index contributed by atoms with van der Waals surface area (Å²) in [5.41, 5.74) is 5.13. The summed E-state index contributed by atoms with van der Waals surface area (Å²) in [5, 5.41) is 19.1. The van der Waals surface area contributed by atoms with Gasteiger partial charge >= 0.3 is 5.97 Å². The second-order valence-corrected chi connectivity index (χ2v) is 6.36. The maximum Gasteiger partial charge on any atom is 0.320 e. The van der Waals surface area contributed by atoms with E-state index in [0.717, 1.165) is 24.3 Å². The van der Waals surface area contributed by atoms with Crippen LogP contribution in [0.15, 0.2) is 29.2 Å². The van der Waals surface area contributed by atoms with Crippen LogP contribution in [0.3, 0.4) is 0 Å². The van der Waals surface area contributed by atoms with E-state index in [1.165, 1.54) is 0 Å². The van der Waals surface area contributed by atoms with Crippen LogP contribution in [-0.2, 0) is 14.8 Å². The fraction of sp³-hybridized carbons (Fsp3) is 0.417. The molecule has 0 aliphatic rings. The Bertz CT molecular complexity index is 629. The van der Waals surface area contributed by atoms with Gasteiger partial charge in [-0.1, -0.05) is 6.42 Å². The summed E-state index contributed by atoms with van der Waals surface area (Å²) < 4.78 is 26.2. The second-order valence-electron chi connectivity index (χ2n) is 4.59. The molecule has 1 rings (SSSR count). The Morgan fingerprint density at radius 3 is 2.41 bits per heavy atom. The van der Waals surface area contributed by atoms with Gasteiger partial charge in [0.2, 0.25) is 10.0 Å². The van der Waals surface area contributed by atoms with Crippen LogP contribution >= 0.6 is 0 Å². The minimum atomic E-state index is -3.74. The van der Waals surface area contributed by atoms with E-state index in [1.807, 2.05) is 0 Å². The molecule has 0 fully saturated rings. The molecule has 1 atom stereocenters. The number of nitro groups is 1. The summed E-state index contributed by atoms with van der Waals surface area (Å²) in [4.78, 5) is 20.3. The number of carboxylic acid groups (broad SMARTS) is 1. The van der Waals surface area contributed by atoms with Crippen molar-refractivity contribution < 1.29 is 23.2 Å². The highest BCUT2D eigenvalue weighted by Gasteiger charge is 2.15. The zero-order valence-corrected chi connectivity index (χ0v) is 12.5. The number of benzene rings is 1. The summed E-state index contributed by atoms with van der Waals surface area (Å²) >= 11 is 0. The van der Waals surface area contributed by atoms with Crippen molar-refractivity contribution in [3.63, 3.8) is 0 Å². The smallest absolute Gasteiger partial charge is 0.320 e. The van der Waals surface area contributed by atoms with Gasteiger partial charge in [-0.05, 0) is 25.0 Å². The van der Waals surface area contributed by atoms with Crippen molar-refractivity contribution in [1.29, 1.82) is 0 Å². The van der Waals surface area contributed by atoms with Gasteiger partial charge in [0, 0.05) is 18.7 Å². The zero-order chi connectivity index (χ0) is 16.8. The first-order chi connectivity index (χ1) is 10.2. The molecule has 1 aromatic carbocycles. The van der Waals surface area contributed by atoms with Crippen molar-refractivity contribution in [3.05, 3.63) is 34.4 Å². The van der Waals surface area contributed by atoms with Gasteiger partial charge in [-0.3, -0.25) is 14.9 Å².